The van der Waals surface area contributed by atoms with Crippen molar-refractivity contribution in [2.45, 2.75) is 12.8 Å². The van der Waals surface area contributed by atoms with Gasteiger partial charge in [0.05, 0.1) is 17.0 Å². The van der Waals surface area contributed by atoms with E-state index in [-0.39, 0.29) is 12.4 Å². The molecule has 1 fully saturated rings. The summed E-state index contributed by atoms with van der Waals surface area (Å²) in [7, 11) is 1.36. The molecule has 26 heavy (non-hydrogen) atoms. The number of hydrogen-bond acceptors (Lipinski definition) is 5. The molecule has 1 aliphatic heterocycles. The lowest BCUT2D eigenvalue weighted by molar-refractivity contribution is 0.0600. The Labute approximate surface area is 173 Å². The van der Waals surface area contributed by atoms with Crippen molar-refractivity contribution in [2.24, 2.45) is 0 Å². The number of nitrogens with zero attached hydrogens (tertiary/aromatic N) is 1. The lowest BCUT2D eigenvalue weighted by atomic mass is 10.1. The number of benzene rings is 1. The van der Waals surface area contributed by atoms with E-state index in [0.29, 0.717) is 26.6 Å². The Morgan fingerprint density at radius 1 is 1.19 bits per heavy atom. The average molecular weight is 437 g/mol. The van der Waals surface area contributed by atoms with Crippen LogP contribution in [0, 0.1) is 0 Å². The number of methoxy groups -OCH3 is 1. The molecule has 0 aliphatic carbocycles. The van der Waals surface area contributed by atoms with Crippen molar-refractivity contribution >= 4 is 52.9 Å². The molecule has 0 spiro atoms. The number of esters is 1. The van der Waals surface area contributed by atoms with Gasteiger partial charge >= 0.3 is 5.97 Å². The lowest BCUT2D eigenvalue weighted by Crippen LogP contribution is -2.25. The van der Waals surface area contributed by atoms with Gasteiger partial charge in [-0.2, -0.15) is 0 Å². The third-order valence-corrected chi connectivity index (χ3v) is 5.66. The third-order valence-electron chi connectivity index (χ3n) is 4.17. The van der Waals surface area contributed by atoms with E-state index in [4.69, 9.17) is 32.7 Å². The van der Waals surface area contributed by atoms with E-state index in [9.17, 15) is 4.79 Å². The van der Waals surface area contributed by atoms with Crippen LogP contribution in [-0.2, 0) is 4.74 Å². The standard InChI is InChI=1S/C18H19Cl2NO3S.ClH/c1-23-18(22)13-8-12(15-11-16(19)25-17(15)20)9-14(10-13)24-7-6-21-4-2-3-5-21;/h8-11H,2-7H2,1H3;1H. The largest absolute Gasteiger partial charge is 0.492 e. The Balaban J connectivity index is 0.00000243. The molecule has 0 radical (unpaired) electrons. The maximum atomic E-state index is 12.0. The number of carbonyl (C=O) groups is 1. The van der Waals surface area contributed by atoms with Crippen molar-refractivity contribution in [1.29, 1.82) is 0 Å². The van der Waals surface area contributed by atoms with Gasteiger partial charge in [-0.25, -0.2) is 4.79 Å². The monoisotopic (exact) mass is 435 g/mol. The van der Waals surface area contributed by atoms with Crippen LogP contribution in [-0.4, -0.2) is 44.2 Å². The molecule has 8 heteroatoms. The molecule has 4 nitrogen and oxygen atoms in total. The predicted octanol–water partition coefficient (Wildman–Crippen LogP) is 5.40. The fourth-order valence-electron chi connectivity index (χ4n) is 2.91. The molecule has 1 aliphatic rings. The SMILES string of the molecule is COC(=O)c1cc(OCCN2CCCC2)cc(-c2cc(Cl)sc2Cl)c1.Cl. The fourth-order valence-corrected chi connectivity index (χ4v) is 4.42. The van der Waals surface area contributed by atoms with Crippen LogP contribution in [0.25, 0.3) is 11.1 Å². The topological polar surface area (TPSA) is 38.8 Å². The first-order valence-electron chi connectivity index (χ1n) is 8.10. The average Bonchev–Trinajstić information content (AvgIpc) is 3.23. The number of likely N-dealkylation sites (tertiary alicyclic amines) is 1. The zero-order chi connectivity index (χ0) is 17.8. The summed E-state index contributed by atoms with van der Waals surface area (Å²) in [5.74, 6) is 0.208. The van der Waals surface area contributed by atoms with E-state index < -0.39 is 5.97 Å². The van der Waals surface area contributed by atoms with Crippen molar-refractivity contribution < 1.29 is 14.3 Å². The van der Waals surface area contributed by atoms with Crippen LogP contribution in [0.15, 0.2) is 24.3 Å². The molecule has 3 rings (SSSR count). The van der Waals surface area contributed by atoms with Gasteiger partial charge in [0, 0.05) is 12.1 Å². The van der Waals surface area contributed by atoms with Crippen LogP contribution < -0.4 is 4.74 Å². The first-order valence-corrected chi connectivity index (χ1v) is 9.68. The first-order chi connectivity index (χ1) is 12.1. The van der Waals surface area contributed by atoms with E-state index >= 15 is 0 Å². The minimum atomic E-state index is -0.413. The number of carbonyl (C=O) groups excluding carboxylic acids is 1. The second kappa shape index (κ2) is 9.81. The molecule has 0 atom stereocenters. The first kappa shape index (κ1) is 21.3. The van der Waals surface area contributed by atoms with Crippen LogP contribution in [0.2, 0.25) is 8.67 Å². The van der Waals surface area contributed by atoms with Gasteiger partial charge in [-0.1, -0.05) is 23.2 Å². The van der Waals surface area contributed by atoms with Crippen molar-refractivity contribution in [3.05, 3.63) is 38.5 Å². The molecule has 0 bridgehead atoms. The Hall–Kier alpha value is -0.980. The second-order valence-electron chi connectivity index (χ2n) is 5.87. The summed E-state index contributed by atoms with van der Waals surface area (Å²) in [5.41, 5.74) is 1.99. The summed E-state index contributed by atoms with van der Waals surface area (Å²) >= 11 is 13.6. The fraction of sp³-hybridized carbons (Fsp3) is 0.389. The quantitative estimate of drug-likeness (QED) is 0.568. The molecule has 142 valence electrons. The highest BCUT2D eigenvalue weighted by atomic mass is 35.5. The van der Waals surface area contributed by atoms with Crippen LogP contribution in [0.1, 0.15) is 23.2 Å². The normalized spacial score (nSPS) is 14.1. The molecule has 0 saturated carbocycles. The molecule has 1 aromatic heterocycles. The molecule has 0 unspecified atom stereocenters. The van der Waals surface area contributed by atoms with E-state index in [1.54, 1.807) is 18.2 Å². The summed E-state index contributed by atoms with van der Waals surface area (Å²) in [6.45, 7) is 3.70. The third kappa shape index (κ3) is 5.27. The maximum absolute atomic E-state index is 12.0. The van der Waals surface area contributed by atoms with Crippen molar-refractivity contribution in [1.82, 2.24) is 4.90 Å². The van der Waals surface area contributed by atoms with Crippen LogP contribution in [0.3, 0.4) is 0 Å². The molecule has 0 N–H and O–H groups in total. The van der Waals surface area contributed by atoms with Crippen LogP contribution >= 0.6 is 46.9 Å². The van der Waals surface area contributed by atoms with Crippen LogP contribution in [0.5, 0.6) is 5.75 Å². The number of thiophene rings is 1. The number of rotatable bonds is 6. The highest BCUT2D eigenvalue weighted by Gasteiger charge is 2.15. The Morgan fingerprint density at radius 2 is 1.92 bits per heavy atom. The molecule has 2 aromatic rings. The number of hydrogen-bond donors (Lipinski definition) is 0. The lowest BCUT2D eigenvalue weighted by Gasteiger charge is -2.16. The highest BCUT2D eigenvalue weighted by Crippen LogP contribution is 2.39. The predicted molar refractivity (Wildman–Crippen MR) is 110 cm³/mol. The Bertz CT molecular complexity index is 760. The zero-order valence-corrected chi connectivity index (χ0v) is 17.4. The summed E-state index contributed by atoms with van der Waals surface area (Å²) in [6, 6.07) is 7.10. The van der Waals surface area contributed by atoms with E-state index in [2.05, 4.69) is 4.90 Å². The Morgan fingerprint density at radius 3 is 2.54 bits per heavy atom. The minimum Gasteiger partial charge on any atom is -0.492 e. The summed E-state index contributed by atoms with van der Waals surface area (Å²) in [4.78, 5) is 14.4. The van der Waals surface area contributed by atoms with Gasteiger partial charge in [0.1, 0.15) is 16.7 Å². The number of ether oxygens (including phenoxy) is 2. The van der Waals surface area contributed by atoms with E-state index in [0.717, 1.165) is 30.8 Å². The van der Waals surface area contributed by atoms with Crippen molar-refractivity contribution in [3.63, 3.8) is 0 Å². The van der Waals surface area contributed by atoms with Gasteiger partial charge < -0.3 is 9.47 Å². The smallest absolute Gasteiger partial charge is 0.338 e. The van der Waals surface area contributed by atoms with Crippen molar-refractivity contribution in [3.8, 4) is 16.9 Å². The highest BCUT2D eigenvalue weighted by molar-refractivity contribution is 7.20. The summed E-state index contributed by atoms with van der Waals surface area (Å²) in [5, 5.41) is 0. The molecule has 1 aromatic carbocycles. The van der Waals surface area contributed by atoms with Gasteiger partial charge in [-0.15, -0.1) is 23.7 Å². The van der Waals surface area contributed by atoms with E-state index in [1.807, 2.05) is 6.07 Å². The van der Waals surface area contributed by atoms with Gasteiger partial charge in [0.2, 0.25) is 0 Å². The summed E-state index contributed by atoms with van der Waals surface area (Å²) < 4.78 is 11.9. The molecule has 1 saturated heterocycles. The second-order valence-corrected chi connectivity index (χ2v) is 8.16. The molecule has 2 heterocycles. The van der Waals surface area contributed by atoms with Gasteiger partial charge in [-0.3, -0.25) is 4.90 Å². The zero-order valence-electron chi connectivity index (χ0n) is 14.3. The van der Waals surface area contributed by atoms with Crippen molar-refractivity contribution in [2.75, 3.05) is 33.4 Å². The molecular weight excluding hydrogens is 417 g/mol. The van der Waals surface area contributed by atoms with Gasteiger partial charge in [0.15, 0.2) is 0 Å². The maximum Gasteiger partial charge on any atom is 0.338 e. The molecule has 0 amide bonds. The minimum absolute atomic E-state index is 0. The summed E-state index contributed by atoms with van der Waals surface area (Å²) in [6.07, 6.45) is 2.50. The van der Waals surface area contributed by atoms with Crippen LogP contribution in [0.4, 0.5) is 0 Å². The number of halogens is 3. The Kier molecular flexibility index (Phi) is 8.05. The van der Waals surface area contributed by atoms with Gasteiger partial charge in [0.25, 0.3) is 0 Å². The van der Waals surface area contributed by atoms with Gasteiger partial charge in [-0.05, 0) is 55.8 Å². The molecular formula is C18H20Cl3NO3S. The van der Waals surface area contributed by atoms with E-state index in [1.165, 1.54) is 31.3 Å².